The summed E-state index contributed by atoms with van der Waals surface area (Å²) < 4.78 is 0. The highest BCUT2D eigenvalue weighted by Crippen LogP contribution is 2.17. The SMILES string of the molecule is CC1CCN(C(=O)C(=O)Nc2ccc([N+](=O)[O-])cc2)CC1. The number of piperidine rings is 1. The predicted octanol–water partition coefficient (Wildman–Crippen LogP) is 1.79. The fourth-order valence-electron chi connectivity index (χ4n) is 2.21. The minimum Gasteiger partial charge on any atom is -0.334 e. The maximum atomic E-state index is 12.0. The molecule has 0 saturated carbocycles. The van der Waals surface area contributed by atoms with Crippen molar-refractivity contribution in [3.63, 3.8) is 0 Å². The van der Waals surface area contributed by atoms with Crippen molar-refractivity contribution in [3.8, 4) is 0 Å². The van der Waals surface area contributed by atoms with Crippen LogP contribution in [0, 0.1) is 16.0 Å². The minimum atomic E-state index is -0.710. The highest BCUT2D eigenvalue weighted by molar-refractivity contribution is 6.39. The highest BCUT2D eigenvalue weighted by atomic mass is 16.6. The van der Waals surface area contributed by atoms with Crippen LogP contribution in [0.5, 0.6) is 0 Å². The number of likely N-dealkylation sites (tertiary alicyclic amines) is 1. The monoisotopic (exact) mass is 291 g/mol. The summed E-state index contributed by atoms with van der Waals surface area (Å²) in [6, 6.07) is 5.37. The number of nitrogens with zero attached hydrogens (tertiary/aromatic N) is 2. The molecule has 0 aliphatic carbocycles. The van der Waals surface area contributed by atoms with Gasteiger partial charge in [0.25, 0.3) is 5.69 Å². The Labute approximate surface area is 122 Å². The number of nitro groups is 1. The zero-order valence-electron chi connectivity index (χ0n) is 11.7. The summed E-state index contributed by atoms with van der Waals surface area (Å²) >= 11 is 0. The lowest BCUT2D eigenvalue weighted by Crippen LogP contribution is -2.43. The molecule has 0 atom stereocenters. The van der Waals surface area contributed by atoms with Crippen molar-refractivity contribution in [3.05, 3.63) is 34.4 Å². The van der Waals surface area contributed by atoms with E-state index in [0.717, 1.165) is 12.8 Å². The summed E-state index contributed by atoms with van der Waals surface area (Å²) in [5.74, 6) is -0.689. The highest BCUT2D eigenvalue weighted by Gasteiger charge is 2.25. The average molecular weight is 291 g/mol. The van der Waals surface area contributed by atoms with Crippen molar-refractivity contribution < 1.29 is 14.5 Å². The van der Waals surface area contributed by atoms with E-state index in [4.69, 9.17) is 0 Å². The first-order valence-corrected chi connectivity index (χ1v) is 6.82. The van der Waals surface area contributed by atoms with Gasteiger partial charge in [0, 0.05) is 30.9 Å². The first-order chi connectivity index (χ1) is 9.97. The van der Waals surface area contributed by atoms with E-state index >= 15 is 0 Å². The van der Waals surface area contributed by atoms with Crippen LogP contribution in [-0.4, -0.2) is 34.7 Å². The number of hydrogen-bond acceptors (Lipinski definition) is 4. The molecule has 1 fully saturated rings. The van der Waals surface area contributed by atoms with Crippen LogP contribution in [-0.2, 0) is 9.59 Å². The Morgan fingerprint density at radius 1 is 1.24 bits per heavy atom. The van der Waals surface area contributed by atoms with E-state index in [1.165, 1.54) is 24.3 Å². The molecule has 1 saturated heterocycles. The molecule has 1 aromatic rings. The van der Waals surface area contributed by atoms with Crippen LogP contribution in [0.25, 0.3) is 0 Å². The summed E-state index contributed by atoms with van der Waals surface area (Å²) in [5, 5.41) is 13.0. The van der Waals surface area contributed by atoms with Crippen molar-refractivity contribution in [2.45, 2.75) is 19.8 Å². The van der Waals surface area contributed by atoms with Gasteiger partial charge in [0.05, 0.1) is 4.92 Å². The third-order valence-electron chi connectivity index (χ3n) is 3.60. The van der Waals surface area contributed by atoms with Gasteiger partial charge >= 0.3 is 11.8 Å². The third kappa shape index (κ3) is 3.77. The zero-order valence-corrected chi connectivity index (χ0v) is 11.7. The predicted molar refractivity (Wildman–Crippen MR) is 76.7 cm³/mol. The molecule has 0 radical (unpaired) electrons. The van der Waals surface area contributed by atoms with Gasteiger partial charge in [-0.2, -0.15) is 0 Å². The number of benzene rings is 1. The Morgan fingerprint density at radius 2 is 1.81 bits per heavy atom. The summed E-state index contributed by atoms with van der Waals surface area (Å²) in [4.78, 5) is 35.4. The van der Waals surface area contributed by atoms with Crippen LogP contribution in [0.15, 0.2) is 24.3 Å². The van der Waals surface area contributed by atoms with Crippen molar-refractivity contribution >= 4 is 23.2 Å². The second-order valence-electron chi connectivity index (χ2n) is 5.23. The average Bonchev–Trinajstić information content (AvgIpc) is 2.47. The van der Waals surface area contributed by atoms with Crippen LogP contribution in [0.1, 0.15) is 19.8 Å². The van der Waals surface area contributed by atoms with Crippen LogP contribution in [0.3, 0.4) is 0 Å². The van der Waals surface area contributed by atoms with Gasteiger partial charge in [-0.05, 0) is 30.9 Å². The molecular weight excluding hydrogens is 274 g/mol. The standard InChI is InChI=1S/C14H17N3O4/c1-10-6-8-16(9-7-10)14(19)13(18)15-11-2-4-12(5-3-11)17(20)21/h2-5,10H,6-9H2,1H3,(H,15,18). The van der Waals surface area contributed by atoms with Gasteiger partial charge < -0.3 is 10.2 Å². The van der Waals surface area contributed by atoms with Gasteiger partial charge in [-0.25, -0.2) is 0 Å². The summed E-state index contributed by atoms with van der Waals surface area (Å²) in [7, 11) is 0. The maximum Gasteiger partial charge on any atom is 0.313 e. The largest absolute Gasteiger partial charge is 0.334 e. The molecule has 2 rings (SSSR count). The molecular formula is C14H17N3O4. The van der Waals surface area contributed by atoms with Crippen molar-refractivity contribution in [2.75, 3.05) is 18.4 Å². The van der Waals surface area contributed by atoms with Crippen LogP contribution in [0.2, 0.25) is 0 Å². The number of rotatable bonds is 2. The number of non-ortho nitro benzene ring substituents is 1. The lowest BCUT2D eigenvalue weighted by atomic mass is 9.99. The lowest BCUT2D eigenvalue weighted by molar-refractivity contribution is -0.384. The first-order valence-electron chi connectivity index (χ1n) is 6.82. The Hall–Kier alpha value is -2.44. The second-order valence-corrected chi connectivity index (χ2v) is 5.23. The number of carbonyl (C=O) groups excluding carboxylic acids is 2. The Morgan fingerprint density at radius 3 is 2.33 bits per heavy atom. The quantitative estimate of drug-likeness (QED) is 0.511. The molecule has 1 N–H and O–H groups in total. The number of hydrogen-bond donors (Lipinski definition) is 1. The molecule has 0 spiro atoms. The van der Waals surface area contributed by atoms with E-state index in [2.05, 4.69) is 12.2 Å². The second kappa shape index (κ2) is 6.34. The van der Waals surface area contributed by atoms with E-state index < -0.39 is 16.7 Å². The van der Waals surface area contributed by atoms with Gasteiger partial charge in [-0.3, -0.25) is 19.7 Å². The number of carbonyl (C=O) groups is 2. The Kier molecular flexibility index (Phi) is 4.52. The number of anilines is 1. The van der Waals surface area contributed by atoms with Gasteiger partial charge in [-0.1, -0.05) is 6.92 Å². The fraction of sp³-hybridized carbons (Fsp3) is 0.429. The zero-order chi connectivity index (χ0) is 15.4. The third-order valence-corrected chi connectivity index (χ3v) is 3.60. The van der Waals surface area contributed by atoms with Gasteiger partial charge in [-0.15, -0.1) is 0 Å². The molecule has 1 aromatic carbocycles. The molecule has 7 heteroatoms. The smallest absolute Gasteiger partial charge is 0.313 e. The van der Waals surface area contributed by atoms with Crippen LogP contribution in [0.4, 0.5) is 11.4 Å². The molecule has 1 heterocycles. The Bertz CT molecular complexity index is 548. The number of nitro benzene ring substituents is 1. The van der Waals surface area contributed by atoms with Gasteiger partial charge in [0.1, 0.15) is 0 Å². The molecule has 1 aliphatic rings. The molecule has 112 valence electrons. The first kappa shape index (κ1) is 15.0. The summed E-state index contributed by atoms with van der Waals surface area (Å²) in [5.41, 5.74) is 0.300. The minimum absolute atomic E-state index is 0.0654. The van der Waals surface area contributed by atoms with Crippen molar-refractivity contribution in [1.29, 1.82) is 0 Å². The van der Waals surface area contributed by atoms with E-state index in [1.807, 2.05) is 0 Å². The number of nitrogens with one attached hydrogen (secondary N) is 1. The topological polar surface area (TPSA) is 92.6 Å². The van der Waals surface area contributed by atoms with Crippen LogP contribution >= 0.6 is 0 Å². The summed E-state index contributed by atoms with van der Waals surface area (Å²) in [6.07, 6.45) is 1.80. The fourth-order valence-corrected chi connectivity index (χ4v) is 2.21. The lowest BCUT2D eigenvalue weighted by Gasteiger charge is -2.29. The maximum absolute atomic E-state index is 12.0. The van der Waals surface area contributed by atoms with Crippen molar-refractivity contribution in [1.82, 2.24) is 4.90 Å². The van der Waals surface area contributed by atoms with E-state index in [1.54, 1.807) is 4.90 Å². The van der Waals surface area contributed by atoms with Crippen LogP contribution < -0.4 is 5.32 Å². The number of amides is 2. The van der Waals surface area contributed by atoms with E-state index in [9.17, 15) is 19.7 Å². The Balaban J connectivity index is 1.94. The molecule has 7 nitrogen and oxygen atoms in total. The summed E-state index contributed by atoms with van der Waals surface area (Å²) in [6.45, 7) is 3.31. The molecule has 0 aromatic heterocycles. The molecule has 0 unspecified atom stereocenters. The molecule has 1 aliphatic heterocycles. The normalized spacial score (nSPS) is 15.6. The van der Waals surface area contributed by atoms with Gasteiger partial charge in [0.2, 0.25) is 0 Å². The molecule has 0 bridgehead atoms. The van der Waals surface area contributed by atoms with E-state index in [0.29, 0.717) is 24.7 Å². The molecule has 21 heavy (non-hydrogen) atoms. The van der Waals surface area contributed by atoms with E-state index in [-0.39, 0.29) is 5.69 Å². The van der Waals surface area contributed by atoms with Crippen molar-refractivity contribution in [2.24, 2.45) is 5.92 Å². The molecule has 2 amide bonds. The van der Waals surface area contributed by atoms with Gasteiger partial charge in [0.15, 0.2) is 0 Å².